The fraction of sp³-hybridized carbons (Fsp3) is 0. The fourth-order valence-corrected chi connectivity index (χ4v) is 9.17. The number of hydrogen-bond acceptors (Lipinski definition) is 5. The van der Waals surface area contributed by atoms with Gasteiger partial charge in [0.25, 0.3) is 0 Å². The molecule has 6 aromatic carbocycles. The number of ether oxygens (including phenoxy) is 1. The molecule has 0 atom stereocenters. The average Bonchev–Trinajstić information content (AvgIpc) is 3.69. The van der Waals surface area contributed by atoms with Crippen molar-refractivity contribution in [2.24, 2.45) is 0 Å². The monoisotopic (exact) mass is 624 g/mol. The van der Waals surface area contributed by atoms with Crippen LogP contribution in [0.2, 0.25) is 0 Å². The van der Waals surface area contributed by atoms with Crippen LogP contribution in [0.1, 0.15) is 0 Å². The highest BCUT2D eigenvalue weighted by atomic mass is 32.1. The number of para-hydroxylation sites is 4. The first kappa shape index (κ1) is 25.8. The van der Waals surface area contributed by atoms with Crippen LogP contribution in [-0.4, -0.2) is 4.98 Å². The van der Waals surface area contributed by atoms with Crippen molar-refractivity contribution < 1.29 is 4.74 Å². The van der Waals surface area contributed by atoms with Crippen LogP contribution in [0.4, 0.5) is 17.1 Å². The molecule has 0 aliphatic carbocycles. The molecule has 0 amide bonds. The minimum Gasteiger partial charge on any atom is -0.453 e. The van der Waals surface area contributed by atoms with Gasteiger partial charge in [0, 0.05) is 46.9 Å². The summed E-state index contributed by atoms with van der Waals surface area (Å²) in [4.78, 5) is 8.71. The Bertz CT molecular complexity index is 2570. The Labute approximate surface area is 273 Å². The molecular formula is C41H24N2OS2. The highest BCUT2D eigenvalue weighted by molar-refractivity contribution is 7.29. The average molecular weight is 625 g/mol. The Balaban J connectivity index is 1.06. The van der Waals surface area contributed by atoms with Crippen molar-refractivity contribution in [3.05, 3.63) is 146 Å². The van der Waals surface area contributed by atoms with E-state index in [0.717, 1.165) is 44.6 Å². The first-order valence-electron chi connectivity index (χ1n) is 15.3. The lowest BCUT2D eigenvalue weighted by Gasteiger charge is -2.32. The zero-order valence-electron chi connectivity index (χ0n) is 24.5. The van der Waals surface area contributed by atoms with E-state index < -0.39 is 0 Å². The lowest BCUT2D eigenvalue weighted by atomic mass is 9.99. The first-order chi connectivity index (χ1) is 22.8. The first-order valence-corrected chi connectivity index (χ1v) is 16.9. The van der Waals surface area contributed by atoms with Crippen molar-refractivity contribution in [2.75, 3.05) is 4.90 Å². The highest BCUT2D eigenvalue weighted by Gasteiger charge is 2.25. The number of benzene rings is 6. The molecule has 0 saturated heterocycles. The molecular weight excluding hydrogens is 601 g/mol. The van der Waals surface area contributed by atoms with Crippen LogP contribution in [0.15, 0.2) is 146 Å². The summed E-state index contributed by atoms with van der Waals surface area (Å²) < 4.78 is 10.1. The van der Waals surface area contributed by atoms with E-state index in [1.165, 1.54) is 46.8 Å². The summed E-state index contributed by atoms with van der Waals surface area (Å²) in [6.07, 6.45) is 0. The number of fused-ring (bicyclic) bond motifs is 9. The van der Waals surface area contributed by atoms with Gasteiger partial charge in [-0.25, -0.2) is 4.98 Å². The van der Waals surface area contributed by atoms with E-state index in [2.05, 4.69) is 126 Å². The van der Waals surface area contributed by atoms with E-state index in [9.17, 15) is 0 Å². The molecule has 0 spiro atoms. The summed E-state index contributed by atoms with van der Waals surface area (Å²) in [6, 6.07) is 51.5. The molecule has 0 fully saturated rings. The lowest BCUT2D eigenvalue weighted by molar-refractivity contribution is 0.477. The van der Waals surface area contributed by atoms with Gasteiger partial charge in [-0.05, 0) is 59.7 Å². The Kier molecular flexibility index (Phi) is 5.61. The van der Waals surface area contributed by atoms with Gasteiger partial charge in [0.15, 0.2) is 11.5 Å². The van der Waals surface area contributed by atoms with Crippen molar-refractivity contribution >= 4 is 80.2 Å². The Morgan fingerprint density at radius 2 is 1.00 bits per heavy atom. The molecule has 3 nitrogen and oxygen atoms in total. The van der Waals surface area contributed by atoms with E-state index in [1.54, 1.807) is 11.3 Å². The van der Waals surface area contributed by atoms with Crippen LogP contribution in [0.25, 0.3) is 62.9 Å². The Hall–Kier alpha value is -5.49. The van der Waals surface area contributed by atoms with Gasteiger partial charge in [0.1, 0.15) is 4.83 Å². The highest BCUT2D eigenvalue weighted by Crippen LogP contribution is 2.50. The standard InChI is InChI=1S/C41H24N2OS2/c1-7-15-35-29(9-1)37-39(42-41-38(40(37)45-35)30-10-2-8-16-36(30)46-41)27-19-17-25(18-20-27)26-21-23-28(24-22-26)43-31-11-3-5-13-33(31)44-34-14-6-4-12-32(34)43/h1-24H. The summed E-state index contributed by atoms with van der Waals surface area (Å²) in [5.41, 5.74) is 7.70. The minimum atomic E-state index is 0.857. The van der Waals surface area contributed by atoms with Crippen LogP contribution < -0.4 is 9.64 Å². The van der Waals surface area contributed by atoms with Gasteiger partial charge in [0.05, 0.1) is 17.1 Å². The Morgan fingerprint density at radius 3 is 1.67 bits per heavy atom. The number of thiophene rings is 2. The van der Waals surface area contributed by atoms with Gasteiger partial charge in [-0.15, -0.1) is 22.7 Å². The summed E-state index contributed by atoms with van der Waals surface area (Å²) in [6.45, 7) is 0. The van der Waals surface area contributed by atoms with Crippen molar-refractivity contribution in [3.63, 3.8) is 0 Å². The quantitative estimate of drug-likeness (QED) is 0.196. The van der Waals surface area contributed by atoms with Crippen LogP contribution in [0.3, 0.4) is 0 Å². The number of anilines is 3. The molecule has 216 valence electrons. The molecule has 0 N–H and O–H groups in total. The molecule has 46 heavy (non-hydrogen) atoms. The van der Waals surface area contributed by atoms with Gasteiger partial charge >= 0.3 is 0 Å². The van der Waals surface area contributed by atoms with E-state index in [1.807, 2.05) is 35.6 Å². The third-order valence-electron chi connectivity index (χ3n) is 8.90. The molecule has 0 bridgehead atoms. The largest absolute Gasteiger partial charge is 0.453 e. The number of nitrogens with zero attached hydrogens (tertiary/aromatic N) is 2. The molecule has 0 saturated carbocycles. The molecule has 0 radical (unpaired) electrons. The summed E-state index contributed by atoms with van der Waals surface area (Å²) in [5, 5.41) is 5.09. The number of aromatic nitrogens is 1. The van der Waals surface area contributed by atoms with E-state index in [0.29, 0.717) is 0 Å². The van der Waals surface area contributed by atoms with Crippen LogP contribution >= 0.6 is 22.7 Å². The molecule has 10 rings (SSSR count). The number of pyridine rings is 1. The third-order valence-corrected chi connectivity index (χ3v) is 11.2. The van der Waals surface area contributed by atoms with E-state index >= 15 is 0 Å². The van der Waals surface area contributed by atoms with E-state index in [4.69, 9.17) is 9.72 Å². The number of rotatable bonds is 3. The van der Waals surface area contributed by atoms with Gasteiger partial charge in [-0.3, -0.25) is 0 Å². The van der Waals surface area contributed by atoms with Crippen LogP contribution in [0.5, 0.6) is 11.5 Å². The maximum absolute atomic E-state index is 6.21. The SMILES string of the molecule is c1ccc2c(c1)Oc1ccccc1N2c1ccc(-c2ccc(-c3nc4sc5ccccc5c4c4sc5ccccc5c34)cc2)cc1. The molecule has 4 heterocycles. The van der Waals surface area contributed by atoms with Crippen LogP contribution in [0, 0.1) is 0 Å². The predicted molar refractivity (Wildman–Crippen MR) is 196 cm³/mol. The molecule has 1 aliphatic rings. The second-order valence-electron chi connectivity index (χ2n) is 11.5. The zero-order valence-corrected chi connectivity index (χ0v) is 26.1. The summed E-state index contributed by atoms with van der Waals surface area (Å²) in [5.74, 6) is 1.71. The maximum atomic E-state index is 6.21. The molecule has 9 aromatic rings. The number of hydrogen-bond donors (Lipinski definition) is 0. The third kappa shape index (κ3) is 3.86. The second kappa shape index (κ2) is 10.0. The van der Waals surface area contributed by atoms with Gasteiger partial charge in [-0.2, -0.15) is 0 Å². The van der Waals surface area contributed by atoms with E-state index in [-0.39, 0.29) is 0 Å². The smallest absolute Gasteiger partial charge is 0.151 e. The summed E-state index contributed by atoms with van der Waals surface area (Å²) >= 11 is 3.66. The Morgan fingerprint density at radius 1 is 0.478 bits per heavy atom. The predicted octanol–water partition coefficient (Wildman–Crippen LogP) is 12.7. The van der Waals surface area contributed by atoms with Gasteiger partial charge < -0.3 is 9.64 Å². The minimum absolute atomic E-state index is 0.857. The fourth-order valence-electron chi connectivity index (χ4n) is 6.76. The lowest BCUT2D eigenvalue weighted by Crippen LogP contribution is -2.15. The molecule has 3 aromatic heterocycles. The van der Waals surface area contributed by atoms with Crippen LogP contribution in [-0.2, 0) is 0 Å². The molecule has 0 unspecified atom stereocenters. The zero-order chi connectivity index (χ0) is 30.2. The summed E-state index contributed by atoms with van der Waals surface area (Å²) in [7, 11) is 0. The topological polar surface area (TPSA) is 25.4 Å². The van der Waals surface area contributed by atoms with Gasteiger partial charge in [0.2, 0.25) is 0 Å². The van der Waals surface area contributed by atoms with Crippen molar-refractivity contribution in [3.8, 4) is 33.9 Å². The van der Waals surface area contributed by atoms with Gasteiger partial charge in [-0.1, -0.05) is 97.1 Å². The normalized spacial score (nSPS) is 12.5. The second-order valence-corrected chi connectivity index (χ2v) is 13.6. The molecule has 5 heteroatoms. The maximum Gasteiger partial charge on any atom is 0.151 e. The van der Waals surface area contributed by atoms with Crippen molar-refractivity contribution in [1.82, 2.24) is 4.98 Å². The van der Waals surface area contributed by atoms with Crippen molar-refractivity contribution in [1.29, 1.82) is 0 Å². The van der Waals surface area contributed by atoms with Crippen molar-refractivity contribution in [2.45, 2.75) is 0 Å². The molecule has 1 aliphatic heterocycles.